The summed E-state index contributed by atoms with van der Waals surface area (Å²) in [6, 6.07) is 22.5. The summed E-state index contributed by atoms with van der Waals surface area (Å²) in [6.45, 7) is 1.70. The van der Waals surface area contributed by atoms with E-state index in [4.69, 9.17) is 4.74 Å². The summed E-state index contributed by atoms with van der Waals surface area (Å²) >= 11 is 5.65. The van der Waals surface area contributed by atoms with Crippen molar-refractivity contribution in [3.63, 3.8) is 0 Å². The first kappa shape index (κ1) is 29.1. The Kier molecular flexibility index (Phi) is 8.08. The maximum Gasteiger partial charge on any atom is 0.338 e. The van der Waals surface area contributed by atoms with Crippen LogP contribution in [0.5, 0.6) is 0 Å². The summed E-state index contributed by atoms with van der Waals surface area (Å²) in [4.78, 5) is 67.9. The van der Waals surface area contributed by atoms with Crippen molar-refractivity contribution in [1.82, 2.24) is 4.57 Å². The highest BCUT2D eigenvalue weighted by Gasteiger charge is 2.56. The van der Waals surface area contributed by atoms with Crippen molar-refractivity contribution in [2.45, 2.75) is 29.7 Å². The van der Waals surface area contributed by atoms with Gasteiger partial charge in [-0.1, -0.05) is 69.4 Å². The lowest BCUT2D eigenvalue weighted by atomic mass is 9.83. The molecule has 2 aliphatic rings. The number of halogens is 1. The van der Waals surface area contributed by atoms with Crippen LogP contribution in [0.15, 0.2) is 93.2 Å². The Hall–Kier alpha value is -4.00. The van der Waals surface area contributed by atoms with Gasteiger partial charge in [0, 0.05) is 21.0 Å². The molecule has 0 unspecified atom stereocenters. The van der Waals surface area contributed by atoms with E-state index in [1.165, 1.54) is 16.7 Å². The van der Waals surface area contributed by atoms with Gasteiger partial charge in [-0.15, -0.1) is 0 Å². The fourth-order valence-electron chi connectivity index (χ4n) is 5.40. The third kappa shape index (κ3) is 5.46. The number of carbonyl (C=O) groups excluding carboxylic acids is 4. The van der Waals surface area contributed by atoms with Gasteiger partial charge in [0.1, 0.15) is 11.8 Å². The normalized spacial score (nSPS) is 19.1. The zero-order valence-corrected chi connectivity index (χ0v) is 25.9. The Bertz CT molecular complexity index is 1800. The van der Waals surface area contributed by atoms with Gasteiger partial charge in [-0.05, 0) is 61.0 Å². The number of imide groups is 1. The molecule has 3 atom stereocenters. The fourth-order valence-corrected chi connectivity index (χ4v) is 8.59. The number of nitrogens with one attached hydrogen (secondary N) is 1. The van der Waals surface area contributed by atoms with Gasteiger partial charge in [0.05, 0.1) is 28.8 Å². The van der Waals surface area contributed by atoms with Crippen molar-refractivity contribution in [1.29, 1.82) is 0 Å². The first-order chi connectivity index (χ1) is 20.8. The number of thioether (sulfide) groups is 1. The summed E-state index contributed by atoms with van der Waals surface area (Å²) in [5.41, 5.74) is 2.02. The number of aromatic nitrogens is 1. The molecular formula is C31H24BrN3O6S2. The summed E-state index contributed by atoms with van der Waals surface area (Å²) in [7, 11) is 0. The summed E-state index contributed by atoms with van der Waals surface area (Å²) in [5.74, 6) is -3.06. The molecule has 6 rings (SSSR count). The van der Waals surface area contributed by atoms with Gasteiger partial charge < -0.3 is 10.1 Å². The zero-order chi connectivity index (χ0) is 30.2. The number of benzene rings is 3. The van der Waals surface area contributed by atoms with Gasteiger partial charge in [-0.25, -0.2) is 9.69 Å². The fraction of sp³-hybridized carbons (Fsp3) is 0.194. The van der Waals surface area contributed by atoms with Crippen LogP contribution >= 0.6 is 39.0 Å². The molecule has 43 heavy (non-hydrogen) atoms. The number of anilines is 2. The molecule has 0 aliphatic carbocycles. The SMILES string of the molecule is CCOC(=O)c1ccc(N2C(=O)[C@H]3[C@H](c4cccc(Br)c4)c4sc(=O)n(CC(=O)Nc5ccccc5)c4S[C@H]3C2=O)cc1. The maximum absolute atomic E-state index is 14.1. The van der Waals surface area contributed by atoms with Gasteiger partial charge in [0.15, 0.2) is 0 Å². The number of carbonyl (C=O) groups is 4. The Labute approximate surface area is 263 Å². The zero-order valence-electron chi connectivity index (χ0n) is 22.7. The molecule has 218 valence electrons. The quantitative estimate of drug-likeness (QED) is 0.209. The predicted molar refractivity (Wildman–Crippen MR) is 168 cm³/mol. The molecule has 2 aliphatic heterocycles. The second-order valence-corrected chi connectivity index (χ2v) is 13.0. The van der Waals surface area contributed by atoms with E-state index in [-0.39, 0.29) is 23.9 Å². The smallest absolute Gasteiger partial charge is 0.338 e. The number of nitrogens with zero attached hydrogens (tertiary/aromatic N) is 2. The van der Waals surface area contributed by atoms with Crippen LogP contribution < -0.4 is 15.1 Å². The number of rotatable bonds is 7. The van der Waals surface area contributed by atoms with Gasteiger partial charge in [-0.3, -0.25) is 23.7 Å². The lowest BCUT2D eigenvalue weighted by Crippen LogP contribution is -2.33. The second kappa shape index (κ2) is 11.9. The minimum absolute atomic E-state index is 0.227. The van der Waals surface area contributed by atoms with Gasteiger partial charge in [0.25, 0.3) is 0 Å². The van der Waals surface area contributed by atoms with Crippen LogP contribution in [-0.2, 0) is 25.7 Å². The van der Waals surface area contributed by atoms with E-state index < -0.39 is 34.9 Å². The predicted octanol–water partition coefficient (Wildman–Crippen LogP) is 5.28. The van der Waals surface area contributed by atoms with Gasteiger partial charge in [0.2, 0.25) is 17.7 Å². The van der Waals surface area contributed by atoms with Crippen LogP contribution in [0.4, 0.5) is 11.4 Å². The molecule has 0 saturated carbocycles. The van der Waals surface area contributed by atoms with Crippen LogP contribution in [0.25, 0.3) is 0 Å². The molecule has 0 radical (unpaired) electrons. The van der Waals surface area contributed by atoms with Crippen molar-refractivity contribution < 1.29 is 23.9 Å². The highest BCUT2D eigenvalue weighted by Crippen LogP contribution is 2.54. The summed E-state index contributed by atoms with van der Waals surface area (Å²) in [6.07, 6.45) is 0. The molecule has 0 bridgehead atoms. The van der Waals surface area contributed by atoms with Crippen LogP contribution in [0.2, 0.25) is 0 Å². The molecule has 1 N–H and O–H groups in total. The van der Waals surface area contributed by atoms with Crippen molar-refractivity contribution in [3.8, 4) is 0 Å². The van der Waals surface area contributed by atoms with E-state index >= 15 is 0 Å². The second-order valence-electron chi connectivity index (χ2n) is 9.91. The number of para-hydroxylation sites is 1. The molecule has 1 saturated heterocycles. The average molecular weight is 679 g/mol. The van der Waals surface area contributed by atoms with Crippen LogP contribution in [0, 0.1) is 5.92 Å². The van der Waals surface area contributed by atoms with Gasteiger partial charge >= 0.3 is 10.8 Å². The molecule has 1 aromatic heterocycles. The lowest BCUT2D eigenvalue weighted by molar-refractivity contribution is -0.122. The van der Waals surface area contributed by atoms with Crippen molar-refractivity contribution in [2.75, 3.05) is 16.8 Å². The molecule has 9 nitrogen and oxygen atoms in total. The minimum Gasteiger partial charge on any atom is -0.462 e. The third-order valence-corrected chi connectivity index (χ3v) is 10.3. The summed E-state index contributed by atoms with van der Waals surface area (Å²) in [5, 5.41) is 2.48. The first-order valence-electron chi connectivity index (χ1n) is 13.4. The van der Waals surface area contributed by atoms with Crippen LogP contribution in [0.1, 0.15) is 33.6 Å². The lowest BCUT2D eigenvalue weighted by Gasteiger charge is -2.30. The van der Waals surface area contributed by atoms with Crippen molar-refractivity contribution in [2.24, 2.45) is 5.92 Å². The van der Waals surface area contributed by atoms with E-state index in [0.29, 0.717) is 26.8 Å². The molecule has 3 amide bonds. The Morgan fingerprint density at radius 1 is 0.953 bits per heavy atom. The number of amides is 3. The van der Waals surface area contributed by atoms with E-state index in [0.717, 1.165) is 38.0 Å². The van der Waals surface area contributed by atoms with Crippen molar-refractivity contribution >= 4 is 74.1 Å². The van der Waals surface area contributed by atoms with E-state index in [1.807, 2.05) is 30.3 Å². The molecule has 1 fully saturated rings. The number of hydrogen-bond acceptors (Lipinski definition) is 8. The monoisotopic (exact) mass is 677 g/mol. The number of fused-ring (bicyclic) bond motifs is 2. The molecule has 12 heteroatoms. The highest BCUT2D eigenvalue weighted by molar-refractivity contribution is 9.10. The maximum atomic E-state index is 14.1. The summed E-state index contributed by atoms with van der Waals surface area (Å²) < 4.78 is 7.22. The van der Waals surface area contributed by atoms with Crippen molar-refractivity contribution in [3.05, 3.63) is 109 Å². The van der Waals surface area contributed by atoms with E-state index in [2.05, 4.69) is 21.2 Å². The molecule has 0 spiro atoms. The number of thiazole rings is 1. The Balaban J connectivity index is 1.38. The highest BCUT2D eigenvalue weighted by atomic mass is 79.9. The number of ether oxygens (including phenoxy) is 1. The van der Waals surface area contributed by atoms with Crippen LogP contribution in [0.3, 0.4) is 0 Å². The standard InChI is InChI=1S/C31H24BrN3O6S2/c1-2-41-30(39)17-11-13-21(14-12-17)35-27(37)24-23(18-7-6-8-19(32)15-18)26-29(42-25(24)28(35)38)34(31(40)43-26)16-22(36)33-20-9-4-3-5-10-20/h3-15,23-25H,2,16H2,1H3,(H,33,36)/t23-,24-,25+/m0/s1. The van der Waals surface area contributed by atoms with E-state index in [1.54, 1.807) is 43.3 Å². The topological polar surface area (TPSA) is 115 Å². The number of hydrogen-bond donors (Lipinski definition) is 1. The molecular weight excluding hydrogens is 654 g/mol. The largest absolute Gasteiger partial charge is 0.462 e. The minimum atomic E-state index is -0.828. The number of esters is 1. The molecule has 3 heterocycles. The Morgan fingerprint density at radius 3 is 2.40 bits per heavy atom. The Morgan fingerprint density at radius 2 is 1.70 bits per heavy atom. The van der Waals surface area contributed by atoms with Gasteiger partial charge in [-0.2, -0.15) is 0 Å². The van der Waals surface area contributed by atoms with Crippen LogP contribution in [-0.4, -0.2) is 40.1 Å². The van der Waals surface area contributed by atoms with E-state index in [9.17, 15) is 24.0 Å². The third-order valence-electron chi connectivity index (χ3n) is 7.25. The first-order valence-corrected chi connectivity index (χ1v) is 15.9. The molecule has 3 aromatic carbocycles. The average Bonchev–Trinajstić information content (AvgIpc) is 3.44. The molecule has 4 aromatic rings.